The van der Waals surface area contributed by atoms with E-state index in [2.05, 4.69) is 9.56 Å². The second kappa shape index (κ2) is 5.92. The van der Waals surface area contributed by atoms with Crippen molar-refractivity contribution in [2.75, 3.05) is 6.54 Å². The molecule has 1 amide bonds. The Labute approximate surface area is 121 Å². The summed E-state index contributed by atoms with van der Waals surface area (Å²) >= 11 is 1.56. The maximum absolute atomic E-state index is 11.3. The molecule has 0 unspecified atom stereocenters. The fourth-order valence-electron chi connectivity index (χ4n) is 2.02. The van der Waals surface area contributed by atoms with Gasteiger partial charge in [-0.25, -0.2) is 0 Å². The lowest BCUT2D eigenvalue weighted by Gasteiger charge is -2.08. The quantitative estimate of drug-likeness (QED) is 0.903. The second-order valence-electron chi connectivity index (χ2n) is 4.22. The predicted octanol–water partition coefficient (Wildman–Crippen LogP) is 1.96. The summed E-state index contributed by atoms with van der Waals surface area (Å²) in [5.41, 5.74) is 7.20. The zero-order valence-corrected chi connectivity index (χ0v) is 12.3. The van der Waals surface area contributed by atoms with Crippen LogP contribution in [0.2, 0.25) is 0 Å². The number of carbonyl (C=O) groups is 1. The minimum absolute atomic E-state index is 0.0991. The highest BCUT2D eigenvalue weighted by Crippen LogP contribution is 2.26. The molecular formula is C14H17N3O2S. The molecule has 0 bridgehead atoms. The van der Waals surface area contributed by atoms with Crippen molar-refractivity contribution in [1.29, 1.82) is 0 Å². The number of thiazole rings is 1. The van der Waals surface area contributed by atoms with Crippen molar-refractivity contribution < 1.29 is 9.90 Å². The number of phenols is 1. The molecule has 3 N–H and O–H groups in total. The standard InChI is InChI=1S/C14H17N3O2S/c1-3-16-14-17(4-2)11(8-20-14)9-5-6-12(18)10(7-9)13(15)19/h5-8,18H,3-4H2,1-2H3,(H2,15,19). The molecule has 1 aromatic carbocycles. The summed E-state index contributed by atoms with van der Waals surface area (Å²) in [7, 11) is 0. The molecule has 106 valence electrons. The number of hydrogen-bond donors (Lipinski definition) is 2. The summed E-state index contributed by atoms with van der Waals surface area (Å²) in [6.07, 6.45) is 0. The first-order valence-corrected chi connectivity index (χ1v) is 7.28. The lowest BCUT2D eigenvalue weighted by molar-refractivity contribution is 0.0998. The van der Waals surface area contributed by atoms with Gasteiger partial charge in [0.1, 0.15) is 5.75 Å². The summed E-state index contributed by atoms with van der Waals surface area (Å²) in [6.45, 7) is 5.54. The maximum atomic E-state index is 11.3. The van der Waals surface area contributed by atoms with Crippen molar-refractivity contribution >= 4 is 17.2 Å². The first-order valence-electron chi connectivity index (χ1n) is 6.40. The lowest BCUT2D eigenvalue weighted by Crippen LogP contribution is -2.15. The Morgan fingerprint density at radius 2 is 2.20 bits per heavy atom. The lowest BCUT2D eigenvalue weighted by atomic mass is 10.1. The molecule has 0 atom stereocenters. The molecule has 1 aromatic heterocycles. The van der Waals surface area contributed by atoms with Gasteiger partial charge in [-0.15, -0.1) is 11.3 Å². The van der Waals surface area contributed by atoms with Crippen LogP contribution in [0.25, 0.3) is 11.3 Å². The Hall–Kier alpha value is -2.08. The third-order valence-electron chi connectivity index (χ3n) is 2.97. The van der Waals surface area contributed by atoms with Gasteiger partial charge in [0, 0.05) is 24.0 Å². The smallest absolute Gasteiger partial charge is 0.252 e. The Balaban J connectivity index is 2.60. The van der Waals surface area contributed by atoms with E-state index in [1.807, 2.05) is 19.2 Å². The number of primary amides is 1. The fourth-order valence-corrected chi connectivity index (χ4v) is 3.06. The van der Waals surface area contributed by atoms with Crippen LogP contribution in [0.1, 0.15) is 24.2 Å². The van der Waals surface area contributed by atoms with E-state index in [9.17, 15) is 9.90 Å². The highest BCUT2D eigenvalue weighted by atomic mass is 32.1. The van der Waals surface area contributed by atoms with Crippen molar-refractivity contribution in [2.24, 2.45) is 10.7 Å². The van der Waals surface area contributed by atoms with E-state index in [1.54, 1.807) is 23.5 Å². The van der Waals surface area contributed by atoms with Gasteiger partial charge in [-0.3, -0.25) is 9.79 Å². The van der Waals surface area contributed by atoms with Crippen molar-refractivity contribution in [3.63, 3.8) is 0 Å². The van der Waals surface area contributed by atoms with E-state index >= 15 is 0 Å². The first kappa shape index (κ1) is 14.3. The van der Waals surface area contributed by atoms with Gasteiger partial charge in [0.2, 0.25) is 0 Å². The molecule has 0 spiro atoms. The van der Waals surface area contributed by atoms with Crippen LogP contribution in [0.5, 0.6) is 5.75 Å². The van der Waals surface area contributed by atoms with Gasteiger partial charge in [-0.05, 0) is 32.0 Å². The fraction of sp³-hybridized carbons (Fsp3) is 0.286. The number of amides is 1. The van der Waals surface area contributed by atoms with Crippen LogP contribution in [0, 0.1) is 0 Å². The highest BCUT2D eigenvalue weighted by Gasteiger charge is 2.12. The number of nitrogens with two attached hydrogens (primary N) is 1. The van der Waals surface area contributed by atoms with Gasteiger partial charge in [-0.1, -0.05) is 0 Å². The maximum Gasteiger partial charge on any atom is 0.252 e. The van der Waals surface area contributed by atoms with Crippen LogP contribution in [-0.2, 0) is 6.54 Å². The van der Waals surface area contributed by atoms with Crippen LogP contribution in [0.3, 0.4) is 0 Å². The summed E-state index contributed by atoms with van der Waals surface area (Å²) in [5, 5.41) is 11.6. The number of carbonyl (C=O) groups excluding carboxylic acids is 1. The van der Waals surface area contributed by atoms with Crippen LogP contribution >= 0.6 is 11.3 Å². The minimum atomic E-state index is -0.638. The van der Waals surface area contributed by atoms with Crippen LogP contribution in [0.15, 0.2) is 28.6 Å². The molecule has 0 radical (unpaired) electrons. The summed E-state index contributed by atoms with van der Waals surface area (Å²) in [4.78, 5) is 16.7. The molecule has 2 rings (SSSR count). The number of benzene rings is 1. The molecule has 0 fully saturated rings. The summed E-state index contributed by atoms with van der Waals surface area (Å²) in [5.74, 6) is -0.737. The molecule has 1 heterocycles. The van der Waals surface area contributed by atoms with Crippen molar-refractivity contribution in [3.05, 3.63) is 33.9 Å². The third kappa shape index (κ3) is 2.60. The number of rotatable bonds is 4. The topological polar surface area (TPSA) is 80.6 Å². The predicted molar refractivity (Wildman–Crippen MR) is 79.7 cm³/mol. The first-order chi connectivity index (χ1) is 9.58. The van der Waals surface area contributed by atoms with Gasteiger partial charge >= 0.3 is 0 Å². The summed E-state index contributed by atoms with van der Waals surface area (Å²) in [6, 6.07) is 4.87. The zero-order valence-electron chi connectivity index (χ0n) is 11.5. The Bertz CT molecular complexity index is 701. The van der Waals surface area contributed by atoms with E-state index in [4.69, 9.17) is 5.73 Å². The Morgan fingerprint density at radius 1 is 1.45 bits per heavy atom. The molecule has 0 saturated carbocycles. The molecule has 0 aliphatic rings. The van der Waals surface area contributed by atoms with Crippen LogP contribution in [0.4, 0.5) is 0 Å². The normalized spacial score (nSPS) is 11.8. The van der Waals surface area contributed by atoms with Gasteiger partial charge in [0.15, 0.2) is 4.80 Å². The Morgan fingerprint density at radius 3 is 2.80 bits per heavy atom. The number of nitrogens with zero attached hydrogens (tertiary/aromatic N) is 2. The molecule has 0 aliphatic heterocycles. The molecule has 20 heavy (non-hydrogen) atoms. The monoisotopic (exact) mass is 291 g/mol. The number of aromatic hydroxyl groups is 1. The molecule has 0 saturated heterocycles. The average molecular weight is 291 g/mol. The molecular weight excluding hydrogens is 274 g/mol. The van der Waals surface area contributed by atoms with E-state index in [-0.39, 0.29) is 11.3 Å². The van der Waals surface area contributed by atoms with E-state index in [0.717, 1.165) is 29.1 Å². The van der Waals surface area contributed by atoms with Crippen molar-refractivity contribution in [3.8, 4) is 17.0 Å². The average Bonchev–Trinajstić information content (AvgIpc) is 2.82. The van der Waals surface area contributed by atoms with Gasteiger partial charge in [0.25, 0.3) is 5.91 Å². The van der Waals surface area contributed by atoms with Crippen molar-refractivity contribution in [2.45, 2.75) is 20.4 Å². The SMILES string of the molecule is CCN=c1scc(-c2ccc(O)c(C(N)=O)c2)n1CC. The van der Waals surface area contributed by atoms with E-state index in [0.29, 0.717) is 0 Å². The second-order valence-corrected chi connectivity index (χ2v) is 5.05. The third-order valence-corrected chi connectivity index (χ3v) is 3.87. The van der Waals surface area contributed by atoms with Crippen LogP contribution in [-0.4, -0.2) is 22.1 Å². The molecule has 5 nitrogen and oxygen atoms in total. The summed E-state index contributed by atoms with van der Waals surface area (Å²) < 4.78 is 2.07. The molecule has 2 aromatic rings. The minimum Gasteiger partial charge on any atom is -0.507 e. The highest BCUT2D eigenvalue weighted by molar-refractivity contribution is 7.07. The van der Waals surface area contributed by atoms with Crippen LogP contribution < -0.4 is 10.5 Å². The van der Waals surface area contributed by atoms with Gasteiger partial charge in [0.05, 0.1) is 11.3 Å². The zero-order chi connectivity index (χ0) is 14.7. The number of aromatic nitrogens is 1. The van der Waals surface area contributed by atoms with E-state index < -0.39 is 5.91 Å². The molecule has 0 aliphatic carbocycles. The number of hydrogen-bond acceptors (Lipinski definition) is 4. The van der Waals surface area contributed by atoms with Crippen molar-refractivity contribution in [1.82, 2.24) is 4.57 Å². The largest absolute Gasteiger partial charge is 0.507 e. The van der Waals surface area contributed by atoms with Gasteiger partial charge < -0.3 is 15.4 Å². The molecule has 6 heteroatoms. The Kier molecular flexibility index (Phi) is 4.24. The van der Waals surface area contributed by atoms with E-state index in [1.165, 1.54) is 6.07 Å². The van der Waals surface area contributed by atoms with Gasteiger partial charge in [-0.2, -0.15) is 0 Å².